The summed E-state index contributed by atoms with van der Waals surface area (Å²) in [5.74, 6) is 1.49. The molecule has 1 aliphatic heterocycles. The molecule has 180 valence electrons. The Labute approximate surface area is 209 Å². The van der Waals surface area contributed by atoms with Crippen LogP contribution in [0.5, 0.6) is 5.75 Å². The summed E-state index contributed by atoms with van der Waals surface area (Å²) in [6, 6.07) is 23.1. The summed E-state index contributed by atoms with van der Waals surface area (Å²) in [6.45, 7) is 3.13. The van der Waals surface area contributed by atoms with Gasteiger partial charge in [-0.2, -0.15) is 0 Å². The van der Waals surface area contributed by atoms with Crippen LogP contribution in [0.4, 0.5) is 5.69 Å². The number of fused-ring (bicyclic) bond motifs is 1. The Bertz CT molecular complexity index is 1320. The number of carbonyl (C=O) groups is 1. The zero-order valence-corrected chi connectivity index (χ0v) is 20.4. The van der Waals surface area contributed by atoms with E-state index in [-0.39, 0.29) is 18.4 Å². The third-order valence-corrected chi connectivity index (χ3v) is 6.73. The fourth-order valence-corrected chi connectivity index (χ4v) is 4.75. The SMILES string of the molecule is CCc1ccc(N2CC(c3nc4ccccc4n3CC(O)COc3ccc(Cl)cc3)CC2=O)cc1. The zero-order valence-electron chi connectivity index (χ0n) is 19.6. The number of rotatable bonds is 8. The zero-order chi connectivity index (χ0) is 24.4. The highest BCUT2D eigenvalue weighted by Crippen LogP contribution is 2.33. The molecule has 1 saturated heterocycles. The first-order valence-corrected chi connectivity index (χ1v) is 12.3. The molecular formula is C28H28ClN3O3. The van der Waals surface area contributed by atoms with Crippen LogP contribution in [0.25, 0.3) is 11.0 Å². The van der Waals surface area contributed by atoms with Crippen LogP contribution in [0.1, 0.15) is 30.7 Å². The second kappa shape index (κ2) is 10.1. The Hall–Kier alpha value is -3.35. The van der Waals surface area contributed by atoms with Gasteiger partial charge in [0.15, 0.2) is 0 Å². The third kappa shape index (κ3) is 5.04. The number of hydrogen-bond donors (Lipinski definition) is 1. The lowest BCUT2D eigenvalue weighted by atomic mass is 10.1. The summed E-state index contributed by atoms with van der Waals surface area (Å²) in [5, 5.41) is 11.5. The molecule has 1 aromatic heterocycles. The van der Waals surface area contributed by atoms with E-state index < -0.39 is 6.10 Å². The molecule has 1 amide bonds. The van der Waals surface area contributed by atoms with Gasteiger partial charge in [0.05, 0.1) is 17.6 Å². The standard InChI is InChI=1S/C28H28ClN3O3/c1-2-19-7-11-22(12-8-19)31-16-20(15-27(31)34)28-30-25-5-3-4-6-26(25)32(28)17-23(33)18-35-24-13-9-21(29)10-14-24/h3-14,20,23,33H,2,15-18H2,1H3. The maximum Gasteiger partial charge on any atom is 0.227 e. The number of aliphatic hydroxyl groups excluding tert-OH is 1. The van der Waals surface area contributed by atoms with Crippen LogP contribution in [0.2, 0.25) is 5.02 Å². The molecule has 5 rings (SSSR count). The lowest BCUT2D eigenvalue weighted by Gasteiger charge is -2.19. The van der Waals surface area contributed by atoms with Gasteiger partial charge >= 0.3 is 0 Å². The smallest absolute Gasteiger partial charge is 0.227 e. The van der Waals surface area contributed by atoms with Gasteiger partial charge < -0.3 is 19.3 Å². The minimum absolute atomic E-state index is 0.0647. The van der Waals surface area contributed by atoms with E-state index >= 15 is 0 Å². The number of aryl methyl sites for hydroxylation is 1. The highest BCUT2D eigenvalue weighted by molar-refractivity contribution is 6.30. The number of imidazole rings is 1. The van der Waals surface area contributed by atoms with Gasteiger partial charge in [-0.15, -0.1) is 0 Å². The number of carbonyl (C=O) groups excluding carboxylic acids is 1. The van der Waals surface area contributed by atoms with Gasteiger partial charge in [0.25, 0.3) is 0 Å². The van der Waals surface area contributed by atoms with Gasteiger partial charge in [-0.3, -0.25) is 4.79 Å². The number of aromatic nitrogens is 2. The van der Waals surface area contributed by atoms with Crippen molar-refractivity contribution in [3.8, 4) is 5.75 Å². The monoisotopic (exact) mass is 489 g/mol. The average molecular weight is 490 g/mol. The van der Waals surface area contributed by atoms with Gasteiger partial charge in [-0.25, -0.2) is 4.98 Å². The summed E-state index contributed by atoms with van der Waals surface area (Å²) in [6.07, 6.45) is 0.595. The molecular weight excluding hydrogens is 462 g/mol. The van der Waals surface area contributed by atoms with Crippen LogP contribution >= 0.6 is 11.6 Å². The molecule has 35 heavy (non-hydrogen) atoms. The molecule has 2 unspecified atom stereocenters. The molecule has 0 spiro atoms. The highest BCUT2D eigenvalue weighted by Gasteiger charge is 2.35. The normalized spacial score (nSPS) is 16.7. The molecule has 0 radical (unpaired) electrons. The summed E-state index contributed by atoms with van der Waals surface area (Å²) >= 11 is 5.93. The fourth-order valence-electron chi connectivity index (χ4n) is 4.63. The van der Waals surface area contributed by atoms with Crippen molar-refractivity contribution in [3.05, 3.63) is 89.2 Å². The predicted molar refractivity (Wildman–Crippen MR) is 138 cm³/mol. The Morgan fingerprint density at radius 2 is 1.83 bits per heavy atom. The first-order chi connectivity index (χ1) is 17.0. The van der Waals surface area contributed by atoms with E-state index in [0.717, 1.165) is 29.0 Å². The molecule has 0 saturated carbocycles. The van der Waals surface area contributed by atoms with E-state index in [1.807, 2.05) is 45.9 Å². The number of aliphatic hydroxyl groups is 1. The number of hydrogen-bond acceptors (Lipinski definition) is 4. The maximum absolute atomic E-state index is 13.0. The van der Waals surface area contributed by atoms with Crippen LogP contribution < -0.4 is 9.64 Å². The molecule has 0 aliphatic carbocycles. The van der Waals surface area contributed by atoms with Gasteiger partial charge in [0.2, 0.25) is 5.91 Å². The number of halogens is 1. The van der Waals surface area contributed by atoms with Crippen molar-refractivity contribution in [2.75, 3.05) is 18.1 Å². The van der Waals surface area contributed by atoms with Crippen molar-refractivity contribution in [1.29, 1.82) is 0 Å². The molecule has 2 heterocycles. The van der Waals surface area contributed by atoms with Crippen molar-refractivity contribution >= 4 is 34.2 Å². The first-order valence-electron chi connectivity index (χ1n) is 11.9. The lowest BCUT2D eigenvalue weighted by Crippen LogP contribution is -2.26. The van der Waals surface area contributed by atoms with E-state index in [4.69, 9.17) is 21.3 Å². The third-order valence-electron chi connectivity index (χ3n) is 6.48. The number of nitrogens with zero attached hydrogens (tertiary/aromatic N) is 3. The Morgan fingerprint density at radius 3 is 2.57 bits per heavy atom. The first kappa shape index (κ1) is 23.4. The molecule has 3 aromatic carbocycles. The Morgan fingerprint density at radius 1 is 1.09 bits per heavy atom. The van der Waals surface area contributed by atoms with E-state index in [1.54, 1.807) is 24.3 Å². The number of ether oxygens (including phenoxy) is 1. The minimum atomic E-state index is -0.753. The highest BCUT2D eigenvalue weighted by atomic mass is 35.5. The minimum Gasteiger partial charge on any atom is -0.491 e. The van der Waals surface area contributed by atoms with E-state index in [0.29, 0.717) is 30.3 Å². The van der Waals surface area contributed by atoms with E-state index in [2.05, 4.69) is 19.1 Å². The molecule has 1 aliphatic rings. The summed E-state index contributed by atoms with van der Waals surface area (Å²) in [5.41, 5.74) is 3.94. The van der Waals surface area contributed by atoms with Crippen molar-refractivity contribution in [3.63, 3.8) is 0 Å². The molecule has 1 N–H and O–H groups in total. The number of anilines is 1. The van der Waals surface area contributed by atoms with Crippen molar-refractivity contribution in [1.82, 2.24) is 9.55 Å². The fraction of sp³-hybridized carbons (Fsp3) is 0.286. The van der Waals surface area contributed by atoms with Crippen molar-refractivity contribution in [2.45, 2.75) is 38.3 Å². The second-order valence-electron chi connectivity index (χ2n) is 8.91. The van der Waals surface area contributed by atoms with Crippen LogP contribution in [0.3, 0.4) is 0 Å². The Kier molecular flexibility index (Phi) is 6.75. The van der Waals surface area contributed by atoms with E-state index in [9.17, 15) is 9.90 Å². The van der Waals surface area contributed by atoms with Gasteiger partial charge in [0.1, 0.15) is 24.3 Å². The van der Waals surface area contributed by atoms with Crippen LogP contribution in [0.15, 0.2) is 72.8 Å². The van der Waals surface area contributed by atoms with Gasteiger partial charge in [0, 0.05) is 29.6 Å². The van der Waals surface area contributed by atoms with Crippen LogP contribution in [0, 0.1) is 0 Å². The maximum atomic E-state index is 13.0. The summed E-state index contributed by atoms with van der Waals surface area (Å²) in [7, 11) is 0. The molecule has 0 bridgehead atoms. The van der Waals surface area contributed by atoms with Gasteiger partial charge in [-0.05, 0) is 60.5 Å². The number of amides is 1. The topological polar surface area (TPSA) is 67.6 Å². The largest absolute Gasteiger partial charge is 0.491 e. The quantitative estimate of drug-likeness (QED) is 0.369. The molecule has 7 heteroatoms. The van der Waals surface area contributed by atoms with Crippen molar-refractivity contribution in [2.24, 2.45) is 0 Å². The van der Waals surface area contributed by atoms with Crippen LogP contribution in [-0.2, 0) is 17.8 Å². The molecule has 4 aromatic rings. The number of benzene rings is 3. The predicted octanol–water partition coefficient (Wildman–Crippen LogP) is 5.21. The van der Waals surface area contributed by atoms with E-state index in [1.165, 1.54) is 5.56 Å². The molecule has 1 fully saturated rings. The molecule has 6 nitrogen and oxygen atoms in total. The summed E-state index contributed by atoms with van der Waals surface area (Å²) < 4.78 is 7.79. The molecule has 2 atom stereocenters. The Balaban J connectivity index is 1.36. The summed E-state index contributed by atoms with van der Waals surface area (Å²) in [4.78, 5) is 19.7. The van der Waals surface area contributed by atoms with Crippen LogP contribution in [-0.4, -0.2) is 39.8 Å². The average Bonchev–Trinajstić information content (AvgIpc) is 3.44. The van der Waals surface area contributed by atoms with Crippen molar-refractivity contribution < 1.29 is 14.6 Å². The second-order valence-corrected chi connectivity index (χ2v) is 9.35. The number of para-hydroxylation sites is 2. The van der Waals surface area contributed by atoms with Gasteiger partial charge in [-0.1, -0.05) is 42.8 Å². The lowest BCUT2D eigenvalue weighted by molar-refractivity contribution is -0.117.